The standard InChI is InChI=1S/C12H7BrN2S/c13-11-7-9(8-14)1-2-12(11)16-10-3-5-15-6-4-10/h1-7H. The Hall–Kier alpha value is -1.31. The molecule has 0 atom stereocenters. The number of aromatic nitrogens is 1. The van der Waals surface area contributed by atoms with Gasteiger partial charge in [0.2, 0.25) is 0 Å². The minimum Gasteiger partial charge on any atom is -0.265 e. The maximum absolute atomic E-state index is 8.76. The summed E-state index contributed by atoms with van der Waals surface area (Å²) < 4.78 is 0.938. The van der Waals surface area contributed by atoms with E-state index in [4.69, 9.17) is 5.26 Å². The van der Waals surface area contributed by atoms with Crippen LogP contribution in [-0.2, 0) is 0 Å². The minimum atomic E-state index is 0.658. The van der Waals surface area contributed by atoms with E-state index < -0.39 is 0 Å². The lowest BCUT2D eigenvalue weighted by Crippen LogP contribution is -1.79. The molecule has 0 aliphatic rings. The van der Waals surface area contributed by atoms with Crippen molar-refractivity contribution < 1.29 is 0 Å². The number of nitriles is 1. The number of pyridine rings is 1. The first-order valence-electron chi connectivity index (χ1n) is 4.57. The predicted molar refractivity (Wildman–Crippen MR) is 67.2 cm³/mol. The second-order valence-electron chi connectivity index (χ2n) is 3.04. The van der Waals surface area contributed by atoms with Crippen LogP contribution in [0.4, 0.5) is 0 Å². The van der Waals surface area contributed by atoms with Crippen molar-refractivity contribution in [3.8, 4) is 6.07 Å². The topological polar surface area (TPSA) is 36.7 Å². The van der Waals surface area contributed by atoms with Gasteiger partial charge in [-0.15, -0.1) is 0 Å². The lowest BCUT2D eigenvalue weighted by Gasteiger charge is -2.03. The highest BCUT2D eigenvalue weighted by atomic mass is 79.9. The predicted octanol–water partition coefficient (Wildman–Crippen LogP) is 3.87. The Morgan fingerprint density at radius 2 is 1.94 bits per heavy atom. The summed E-state index contributed by atoms with van der Waals surface area (Å²) >= 11 is 5.09. The Bertz CT molecular complexity index is 534. The highest BCUT2D eigenvalue weighted by molar-refractivity contribution is 9.10. The molecule has 2 nitrogen and oxygen atoms in total. The molecule has 2 aromatic rings. The van der Waals surface area contributed by atoms with Gasteiger partial charge >= 0.3 is 0 Å². The fourth-order valence-electron chi connectivity index (χ4n) is 1.19. The van der Waals surface area contributed by atoms with E-state index in [0.717, 1.165) is 14.3 Å². The van der Waals surface area contributed by atoms with Crippen LogP contribution in [0.3, 0.4) is 0 Å². The van der Waals surface area contributed by atoms with Crippen LogP contribution in [0.15, 0.2) is 57.0 Å². The van der Waals surface area contributed by atoms with Crippen molar-refractivity contribution in [1.29, 1.82) is 5.26 Å². The number of nitrogens with zero attached hydrogens (tertiary/aromatic N) is 2. The molecule has 0 bridgehead atoms. The fourth-order valence-corrected chi connectivity index (χ4v) is 2.61. The molecule has 2 rings (SSSR count). The lowest BCUT2D eigenvalue weighted by atomic mass is 10.2. The molecule has 1 aromatic carbocycles. The van der Waals surface area contributed by atoms with Gasteiger partial charge in [0.25, 0.3) is 0 Å². The summed E-state index contributed by atoms with van der Waals surface area (Å²) in [5.74, 6) is 0. The monoisotopic (exact) mass is 290 g/mol. The Balaban J connectivity index is 2.27. The molecular formula is C12H7BrN2S. The normalized spacial score (nSPS) is 9.75. The first-order chi connectivity index (χ1) is 7.79. The second-order valence-corrected chi connectivity index (χ2v) is 5.01. The molecule has 1 aromatic heterocycles. The van der Waals surface area contributed by atoms with Gasteiger partial charge in [0.15, 0.2) is 0 Å². The molecule has 16 heavy (non-hydrogen) atoms. The summed E-state index contributed by atoms with van der Waals surface area (Å²) in [4.78, 5) is 6.18. The van der Waals surface area contributed by atoms with E-state index in [9.17, 15) is 0 Å². The summed E-state index contributed by atoms with van der Waals surface area (Å²) in [5, 5.41) is 8.76. The van der Waals surface area contributed by atoms with Crippen molar-refractivity contribution in [3.05, 3.63) is 52.8 Å². The van der Waals surface area contributed by atoms with Gasteiger partial charge in [0.05, 0.1) is 11.6 Å². The van der Waals surface area contributed by atoms with Gasteiger partial charge in [-0.05, 0) is 46.3 Å². The number of halogens is 1. The fraction of sp³-hybridized carbons (Fsp3) is 0. The van der Waals surface area contributed by atoms with Crippen LogP contribution < -0.4 is 0 Å². The van der Waals surface area contributed by atoms with Crippen LogP contribution in [0, 0.1) is 11.3 Å². The molecule has 0 aliphatic heterocycles. The van der Waals surface area contributed by atoms with Crippen LogP contribution in [0.1, 0.15) is 5.56 Å². The van der Waals surface area contributed by atoms with Crippen LogP contribution in [0.5, 0.6) is 0 Å². The molecule has 0 spiro atoms. The Labute approximate surface area is 106 Å². The smallest absolute Gasteiger partial charge is 0.0992 e. The van der Waals surface area contributed by atoms with Crippen molar-refractivity contribution in [3.63, 3.8) is 0 Å². The van der Waals surface area contributed by atoms with Gasteiger partial charge in [-0.25, -0.2) is 0 Å². The largest absolute Gasteiger partial charge is 0.265 e. The highest BCUT2D eigenvalue weighted by Gasteiger charge is 2.03. The quantitative estimate of drug-likeness (QED) is 0.842. The summed E-state index contributed by atoms with van der Waals surface area (Å²) in [5.41, 5.74) is 0.658. The molecule has 0 radical (unpaired) electrons. The first kappa shape index (κ1) is 11.2. The van der Waals surface area contributed by atoms with E-state index in [1.54, 1.807) is 24.2 Å². The number of rotatable bonds is 2. The summed E-state index contributed by atoms with van der Waals surface area (Å²) in [6.45, 7) is 0. The summed E-state index contributed by atoms with van der Waals surface area (Å²) in [6, 6.07) is 11.6. The zero-order chi connectivity index (χ0) is 11.4. The Kier molecular flexibility index (Phi) is 3.60. The first-order valence-corrected chi connectivity index (χ1v) is 6.18. The van der Waals surface area contributed by atoms with Crippen molar-refractivity contribution in [2.24, 2.45) is 0 Å². The zero-order valence-corrected chi connectivity index (χ0v) is 10.6. The summed E-state index contributed by atoms with van der Waals surface area (Å²) in [7, 11) is 0. The third kappa shape index (κ3) is 2.63. The van der Waals surface area contributed by atoms with Gasteiger partial charge in [0.1, 0.15) is 0 Å². The van der Waals surface area contributed by atoms with Crippen LogP contribution in [0.25, 0.3) is 0 Å². The molecule has 0 fully saturated rings. The Morgan fingerprint density at radius 1 is 1.19 bits per heavy atom. The molecule has 0 unspecified atom stereocenters. The van der Waals surface area contributed by atoms with E-state index in [1.165, 1.54) is 0 Å². The van der Waals surface area contributed by atoms with Gasteiger partial charge in [-0.2, -0.15) is 5.26 Å². The third-order valence-electron chi connectivity index (χ3n) is 1.94. The van der Waals surface area contributed by atoms with Crippen molar-refractivity contribution >= 4 is 27.7 Å². The summed E-state index contributed by atoms with van der Waals surface area (Å²) in [6.07, 6.45) is 3.53. The molecule has 0 N–H and O–H groups in total. The Morgan fingerprint density at radius 3 is 2.56 bits per heavy atom. The van der Waals surface area contributed by atoms with Gasteiger partial charge in [0, 0.05) is 26.7 Å². The van der Waals surface area contributed by atoms with E-state index in [-0.39, 0.29) is 0 Å². The number of hydrogen-bond donors (Lipinski definition) is 0. The number of benzene rings is 1. The molecule has 4 heteroatoms. The van der Waals surface area contributed by atoms with Crippen molar-refractivity contribution in [1.82, 2.24) is 4.98 Å². The SMILES string of the molecule is N#Cc1ccc(Sc2ccncc2)c(Br)c1. The van der Waals surface area contributed by atoms with Crippen LogP contribution >= 0.6 is 27.7 Å². The maximum Gasteiger partial charge on any atom is 0.0992 e. The van der Waals surface area contributed by atoms with Gasteiger partial charge < -0.3 is 0 Å². The van der Waals surface area contributed by atoms with E-state index in [2.05, 4.69) is 27.0 Å². The van der Waals surface area contributed by atoms with Crippen LogP contribution in [-0.4, -0.2) is 4.98 Å². The lowest BCUT2D eigenvalue weighted by molar-refractivity contribution is 1.26. The third-order valence-corrected chi connectivity index (χ3v) is 3.94. The molecule has 0 saturated heterocycles. The average molecular weight is 291 g/mol. The van der Waals surface area contributed by atoms with Gasteiger partial charge in [-0.3, -0.25) is 4.98 Å². The van der Waals surface area contributed by atoms with E-state index in [1.807, 2.05) is 30.3 Å². The van der Waals surface area contributed by atoms with E-state index in [0.29, 0.717) is 5.56 Å². The van der Waals surface area contributed by atoms with Crippen LogP contribution in [0.2, 0.25) is 0 Å². The molecular weight excluding hydrogens is 284 g/mol. The maximum atomic E-state index is 8.76. The molecule has 1 heterocycles. The van der Waals surface area contributed by atoms with Crippen molar-refractivity contribution in [2.45, 2.75) is 9.79 Å². The van der Waals surface area contributed by atoms with Crippen molar-refractivity contribution in [2.75, 3.05) is 0 Å². The average Bonchev–Trinajstić information content (AvgIpc) is 2.33. The number of hydrogen-bond acceptors (Lipinski definition) is 3. The minimum absolute atomic E-state index is 0.658. The van der Waals surface area contributed by atoms with E-state index >= 15 is 0 Å². The van der Waals surface area contributed by atoms with Gasteiger partial charge in [-0.1, -0.05) is 11.8 Å². The molecule has 0 aliphatic carbocycles. The molecule has 78 valence electrons. The molecule has 0 amide bonds. The highest BCUT2D eigenvalue weighted by Crippen LogP contribution is 2.33. The second kappa shape index (κ2) is 5.15. The zero-order valence-electron chi connectivity index (χ0n) is 8.22. The molecule has 0 saturated carbocycles.